The van der Waals surface area contributed by atoms with E-state index in [1.807, 2.05) is 0 Å². The molecule has 1 aromatic rings. The topological polar surface area (TPSA) is 88.9 Å². The first-order valence-electron chi connectivity index (χ1n) is 6.21. The number of hydrogen-bond acceptors (Lipinski definition) is 5. The average Bonchev–Trinajstić information content (AvgIpc) is 3.00. The van der Waals surface area contributed by atoms with Crippen molar-refractivity contribution in [2.45, 2.75) is 6.04 Å². The van der Waals surface area contributed by atoms with Crippen LogP contribution in [0.25, 0.3) is 0 Å². The highest BCUT2D eigenvalue weighted by Gasteiger charge is 2.34. The smallest absolute Gasteiger partial charge is 0.254 e. The van der Waals surface area contributed by atoms with Crippen LogP contribution in [-0.2, 0) is 14.8 Å². The fraction of sp³-hybridized carbons (Fsp3) is 0.583. The summed E-state index contributed by atoms with van der Waals surface area (Å²) in [6.45, 7) is 0.639. The van der Waals surface area contributed by atoms with Gasteiger partial charge in [-0.2, -0.15) is 0 Å². The molecule has 1 saturated heterocycles. The van der Waals surface area contributed by atoms with Crippen LogP contribution >= 0.6 is 0 Å². The maximum atomic E-state index is 11.9. The Morgan fingerprint density at radius 1 is 1.45 bits per heavy atom. The van der Waals surface area contributed by atoms with Gasteiger partial charge in [0.25, 0.3) is 5.91 Å². The van der Waals surface area contributed by atoms with Gasteiger partial charge >= 0.3 is 0 Å². The van der Waals surface area contributed by atoms with Gasteiger partial charge in [-0.25, -0.2) is 12.7 Å². The van der Waals surface area contributed by atoms with Gasteiger partial charge < -0.3 is 14.5 Å². The molecule has 0 aliphatic carbocycles. The predicted molar refractivity (Wildman–Crippen MR) is 71.7 cm³/mol. The number of amides is 1. The number of hydrogen-bond donors (Lipinski definition) is 1. The van der Waals surface area contributed by atoms with Gasteiger partial charge in [-0.3, -0.25) is 4.79 Å². The molecule has 2 heterocycles. The number of ether oxygens (including phenoxy) is 1. The van der Waals surface area contributed by atoms with Crippen molar-refractivity contribution in [3.63, 3.8) is 0 Å². The molecule has 0 unspecified atom stereocenters. The van der Waals surface area contributed by atoms with E-state index in [0.29, 0.717) is 18.8 Å². The summed E-state index contributed by atoms with van der Waals surface area (Å²) in [6.07, 6.45) is 2.75. The first-order chi connectivity index (χ1) is 9.40. The summed E-state index contributed by atoms with van der Waals surface area (Å²) in [7, 11) is -0.340. The molecule has 8 heteroatoms. The zero-order chi connectivity index (χ0) is 14.8. The number of furan rings is 1. The molecular formula is C12H18N2O5S. The Morgan fingerprint density at radius 3 is 2.80 bits per heavy atom. The molecule has 1 aromatic heterocycles. The van der Waals surface area contributed by atoms with E-state index in [-0.39, 0.29) is 23.6 Å². The average molecular weight is 302 g/mol. The zero-order valence-corrected chi connectivity index (χ0v) is 12.2. The maximum absolute atomic E-state index is 11.9. The molecule has 7 nitrogen and oxygen atoms in total. The highest BCUT2D eigenvalue weighted by atomic mass is 32.2. The maximum Gasteiger partial charge on any atom is 0.254 e. The number of rotatable bonds is 5. The summed E-state index contributed by atoms with van der Waals surface area (Å²) in [5, 5.41) is 2.79. The molecule has 112 valence electrons. The van der Waals surface area contributed by atoms with E-state index in [1.165, 1.54) is 30.9 Å². The molecule has 0 aromatic carbocycles. The molecular weight excluding hydrogens is 284 g/mol. The van der Waals surface area contributed by atoms with E-state index in [4.69, 9.17) is 9.15 Å². The first-order valence-corrected chi connectivity index (χ1v) is 7.82. The van der Waals surface area contributed by atoms with Crippen molar-refractivity contribution >= 4 is 15.9 Å². The lowest BCUT2D eigenvalue weighted by atomic mass is 10.1. The van der Waals surface area contributed by atoms with E-state index >= 15 is 0 Å². The minimum absolute atomic E-state index is 0.0453. The minimum atomic E-state index is -3.32. The van der Waals surface area contributed by atoms with Gasteiger partial charge in [-0.1, -0.05) is 0 Å². The first kappa shape index (κ1) is 15.0. The lowest BCUT2D eigenvalue weighted by Gasteiger charge is -2.20. The quantitative estimate of drug-likeness (QED) is 0.821. The molecule has 0 radical (unpaired) electrons. The van der Waals surface area contributed by atoms with Crippen molar-refractivity contribution in [1.82, 2.24) is 9.62 Å². The van der Waals surface area contributed by atoms with Crippen molar-refractivity contribution < 1.29 is 22.4 Å². The monoisotopic (exact) mass is 302 g/mol. The summed E-state index contributed by atoms with van der Waals surface area (Å²) in [5.41, 5.74) is 0.408. The summed E-state index contributed by atoms with van der Waals surface area (Å²) in [4.78, 5) is 11.9. The Morgan fingerprint density at radius 2 is 2.20 bits per heavy atom. The van der Waals surface area contributed by atoms with Gasteiger partial charge in [-0.05, 0) is 6.07 Å². The normalized spacial score (nSPS) is 23.1. The lowest BCUT2D eigenvalue weighted by Crippen LogP contribution is -2.43. The van der Waals surface area contributed by atoms with E-state index in [1.54, 1.807) is 6.07 Å². The Labute approximate surface area is 117 Å². The molecule has 1 aliphatic heterocycles. The largest absolute Gasteiger partial charge is 0.472 e. The van der Waals surface area contributed by atoms with Crippen LogP contribution in [0.5, 0.6) is 0 Å². The third-order valence-electron chi connectivity index (χ3n) is 3.28. The van der Waals surface area contributed by atoms with Gasteiger partial charge in [0.05, 0.1) is 36.8 Å². The van der Waals surface area contributed by atoms with Gasteiger partial charge in [0.1, 0.15) is 6.26 Å². The number of carbonyl (C=O) groups excluding carboxylic acids is 1. The molecule has 1 amide bonds. The number of sulfonamides is 1. The van der Waals surface area contributed by atoms with Crippen LogP contribution in [0.15, 0.2) is 23.0 Å². The van der Waals surface area contributed by atoms with E-state index in [0.717, 1.165) is 0 Å². The van der Waals surface area contributed by atoms with E-state index < -0.39 is 10.0 Å². The highest BCUT2D eigenvalue weighted by Crippen LogP contribution is 2.17. The molecule has 1 fully saturated rings. The fourth-order valence-electron chi connectivity index (χ4n) is 1.99. The van der Waals surface area contributed by atoms with E-state index in [2.05, 4.69) is 5.32 Å². The zero-order valence-electron chi connectivity index (χ0n) is 11.4. The molecule has 0 bridgehead atoms. The van der Waals surface area contributed by atoms with Crippen LogP contribution in [-0.4, -0.2) is 57.7 Å². The fourth-order valence-corrected chi connectivity index (χ4v) is 3.16. The number of carbonyl (C=O) groups is 1. The highest BCUT2D eigenvalue weighted by molar-refractivity contribution is 7.89. The Bertz CT molecular complexity index is 552. The van der Waals surface area contributed by atoms with Crippen LogP contribution in [0.2, 0.25) is 0 Å². The second-order valence-electron chi connectivity index (χ2n) is 4.95. The van der Waals surface area contributed by atoms with E-state index in [9.17, 15) is 13.2 Å². The minimum Gasteiger partial charge on any atom is -0.472 e. The van der Waals surface area contributed by atoms with Crippen molar-refractivity contribution in [3.05, 3.63) is 24.2 Å². The van der Waals surface area contributed by atoms with Crippen molar-refractivity contribution in [1.29, 1.82) is 0 Å². The third-order valence-corrected chi connectivity index (χ3v) is 5.24. The number of nitrogens with one attached hydrogen (secondary N) is 1. The molecule has 0 saturated carbocycles. The van der Waals surface area contributed by atoms with Gasteiger partial charge in [0, 0.05) is 20.0 Å². The molecule has 0 spiro atoms. The van der Waals surface area contributed by atoms with Gasteiger partial charge in [0.15, 0.2) is 0 Å². The molecule has 2 atom stereocenters. The standard InChI is InChI=1S/C12H18N2O5S/c1-14(2)20(16,17)8-10-6-19-7-11(10)13-12(15)9-3-4-18-5-9/h3-5,10-11H,6-8H2,1-2H3,(H,13,15)/t10-,11+/m0/s1. The summed E-state index contributed by atoms with van der Waals surface area (Å²) >= 11 is 0. The van der Waals surface area contributed by atoms with Crippen molar-refractivity contribution in [3.8, 4) is 0 Å². The van der Waals surface area contributed by atoms with Crippen LogP contribution in [0.4, 0.5) is 0 Å². The number of nitrogens with zero attached hydrogens (tertiary/aromatic N) is 1. The second kappa shape index (κ2) is 5.94. The molecule has 1 aliphatic rings. The summed E-state index contributed by atoms with van der Waals surface area (Å²) < 4.78 is 35.1. The summed E-state index contributed by atoms with van der Waals surface area (Å²) in [5.74, 6) is -0.587. The van der Waals surface area contributed by atoms with Gasteiger partial charge in [0.2, 0.25) is 10.0 Å². The van der Waals surface area contributed by atoms with Crippen LogP contribution < -0.4 is 5.32 Å². The Balaban J connectivity index is 1.99. The van der Waals surface area contributed by atoms with Crippen molar-refractivity contribution in [2.75, 3.05) is 33.1 Å². The van der Waals surface area contributed by atoms with Crippen molar-refractivity contribution in [2.24, 2.45) is 5.92 Å². The summed E-state index contributed by atoms with van der Waals surface area (Å²) in [6, 6.07) is 1.24. The van der Waals surface area contributed by atoms with Crippen LogP contribution in [0.1, 0.15) is 10.4 Å². The van der Waals surface area contributed by atoms with Gasteiger partial charge in [-0.15, -0.1) is 0 Å². The molecule has 20 heavy (non-hydrogen) atoms. The van der Waals surface area contributed by atoms with Crippen LogP contribution in [0.3, 0.4) is 0 Å². The predicted octanol–water partition coefficient (Wildman–Crippen LogP) is -0.0842. The lowest BCUT2D eigenvalue weighted by molar-refractivity contribution is 0.0925. The Kier molecular flexibility index (Phi) is 4.46. The van der Waals surface area contributed by atoms with Crippen LogP contribution in [0, 0.1) is 5.92 Å². The third kappa shape index (κ3) is 3.38. The SMILES string of the molecule is CN(C)S(=O)(=O)C[C@@H]1COC[C@H]1NC(=O)c1ccoc1. The Hall–Kier alpha value is -1.38. The molecule has 1 N–H and O–H groups in total. The molecule has 2 rings (SSSR count). The second-order valence-corrected chi connectivity index (χ2v) is 7.18.